The summed E-state index contributed by atoms with van der Waals surface area (Å²) in [5, 5.41) is -0.176. The fourth-order valence-electron chi connectivity index (χ4n) is 1.66. The van der Waals surface area contributed by atoms with Crippen LogP contribution >= 0.6 is 23.2 Å². The molecule has 4 heteroatoms. The molecule has 0 aliphatic rings. The second kappa shape index (κ2) is 11.2. The minimum absolute atomic E-state index is 0.0389. The summed E-state index contributed by atoms with van der Waals surface area (Å²) >= 11 is 12.3. The Hall–Kier alpha value is 0.0500. The third-order valence-corrected chi connectivity index (χ3v) is 4.00. The molecule has 0 radical (unpaired) electrons. The third-order valence-electron chi connectivity index (χ3n) is 2.83. The predicted octanol–water partition coefficient (Wildman–Crippen LogP) is 4.51. The maximum absolute atomic E-state index is 10.9. The van der Waals surface area contributed by atoms with Gasteiger partial charge in [0.05, 0.1) is 12.5 Å². The molecular weight excluding hydrogens is 259 g/mol. The van der Waals surface area contributed by atoms with Crippen LogP contribution in [0.4, 0.5) is 0 Å². The number of alkyl halides is 2. The second-order valence-electron chi connectivity index (χ2n) is 4.35. The van der Waals surface area contributed by atoms with Gasteiger partial charge in [-0.05, 0) is 12.8 Å². The minimum Gasteiger partial charge on any atom is -0.469 e. The minimum atomic E-state index is -0.220. The molecule has 0 aliphatic carbocycles. The van der Waals surface area contributed by atoms with Gasteiger partial charge < -0.3 is 4.74 Å². The molecule has 0 aliphatic heterocycles. The molecule has 0 amide bonds. The van der Waals surface area contributed by atoms with E-state index in [1.807, 2.05) is 0 Å². The van der Waals surface area contributed by atoms with Crippen LogP contribution in [0, 0.1) is 0 Å². The fraction of sp³-hybridized carbons (Fsp3) is 0.923. The molecule has 0 saturated heterocycles. The van der Waals surface area contributed by atoms with E-state index < -0.39 is 0 Å². The summed E-state index contributed by atoms with van der Waals surface area (Å²) in [6.45, 7) is 2.20. The number of esters is 1. The summed E-state index contributed by atoms with van der Waals surface area (Å²) in [6.07, 6.45) is 8.03. The van der Waals surface area contributed by atoms with Crippen LogP contribution in [0.15, 0.2) is 0 Å². The summed E-state index contributed by atoms with van der Waals surface area (Å²) in [7, 11) is 1.39. The van der Waals surface area contributed by atoms with Crippen LogP contribution in [0.2, 0.25) is 0 Å². The molecule has 0 aromatic carbocycles. The van der Waals surface area contributed by atoms with Crippen molar-refractivity contribution in [3.8, 4) is 0 Å². The number of rotatable bonds is 10. The molecule has 0 N–H and O–H groups in total. The molecule has 2 unspecified atom stereocenters. The summed E-state index contributed by atoms with van der Waals surface area (Å²) in [5.41, 5.74) is 0. The van der Waals surface area contributed by atoms with Gasteiger partial charge in [0.15, 0.2) is 0 Å². The Bertz CT molecular complexity index is 198. The Labute approximate surface area is 115 Å². The standard InChI is InChI=1S/C13H24Cl2O2/c1-3-4-5-6-7-8-11(14)12(15)9-10-13(16)17-2/h11-12H,3-10H2,1-2H3. The Morgan fingerprint density at radius 1 is 1.06 bits per heavy atom. The molecule has 0 rings (SSSR count). The summed E-state index contributed by atoms with van der Waals surface area (Å²) in [4.78, 5) is 10.9. The molecular formula is C13H24Cl2O2. The van der Waals surface area contributed by atoms with Gasteiger partial charge in [0.2, 0.25) is 0 Å². The van der Waals surface area contributed by atoms with Gasteiger partial charge in [-0.15, -0.1) is 23.2 Å². The second-order valence-corrected chi connectivity index (χ2v) is 5.47. The Kier molecular flexibility index (Phi) is 11.2. The molecule has 17 heavy (non-hydrogen) atoms. The quantitative estimate of drug-likeness (QED) is 0.335. The number of carbonyl (C=O) groups is 1. The monoisotopic (exact) mass is 282 g/mol. The summed E-state index contributed by atoms with van der Waals surface area (Å²) in [6, 6.07) is 0. The van der Waals surface area contributed by atoms with Gasteiger partial charge in [0, 0.05) is 11.8 Å². The lowest BCUT2D eigenvalue weighted by atomic mass is 10.1. The topological polar surface area (TPSA) is 26.3 Å². The average Bonchev–Trinajstić information content (AvgIpc) is 2.34. The molecule has 0 saturated carbocycles. The van der Waals surface area contributed by atoms with Crippen molar-refractivity contribution in [1.29, 1.82) is 0 Å². The predicted molar refractivity (Wildman–Crippen MR) is 73.9 cm³/mol. The van der Waals surface area contributed by atoms with Crippen molar-refractivity contribution < 1.29 is 9.53 Å². The number of methoxy groups -OCH3 is 1. The Morgan fingerprint density at radius 3 is 2.24 bits per heavy atom. The maximum atomic E-state index is 10.9. The number of hydrogen-bond acceptors (Lipinski definition) is 2. The highest BCUT2D eigenvalue weighted by Crippen LogP contribution is 2.21. The first-order valence-corrected chi connectivity index (χ1v) is 7.34. The van der Waals surface area contributed by atoms with E-state index in [1.54, 1.807) is 0 Å². The van der Waals surface area contributed by atoms with Crippen LogP contribution in [-0.2, 0) is 9.53 Å². The number of ether oxygens (including phenoxy) is 1. The van der Waals surface area contributed by atoms with E-state index in [4.69, 9.17) is 23.2 Å². The first-order chi connectivity index (χ1) is 8.11. The zero-order valence-corrected chi connectivity index (χ0v) is 12.4. The molecule has 2 atom stereocenters. The first-order valence-electron chi connectivity index (χ1n) is 6.46. The normalized spacial score (nSPS) is 14.4. The van der Waals surface area contributed by atoms with Gasteiger partial charge in [-0.25, -0.2) is 0 Å². The fourth-order valence-corrected chi connectivity index (χ4v) is 2.18. The first kappa shape index (κ1) is 17.1. The lowest BCUT2D eigenvalue weighted by molar-refractivity contribution is -0.140. The Balaban J connectivity index is 3.53. The largest absolute Gasteiger partial charge is 0.469 e. The summed E-state index contributed by atoms with van der Waals surface area (Å²) < 4.78 is 4.57. The van der Waals surface area contributed by atoms with Crippen LogP contribution in [-0.4, -0.2) is 23.8 Å². The average molecular weight is 283 g/mol. The van der Waals surface area contributed by atoms with Gasteiger partial charge in [-0.3, -0.25) is 4.79 Å². The Morgan fingerprint density at radius 2 is 1.65 bits per heavy atom. The van der Waals surface area contributed by atoms with Crippen molar-refractivity contribution in [3.63, 3.8) is 0 Å². The molecule has 2 nitrogen and oxygen atoms in total. The maximum Gasteiger partial charge on any atom is 0.305 e. The van der Waals surface area contributed by atoms with Gasteiger partial charge in [0.1, 0.15) is 0 Å². The van der Waals surface area contributed by atoms with E-state index in [9.17, 15) is 4.79 Å². The van der Waals surface area contributed by atoms with Crippen LogP contribution in [0.5, 0.6) is 0 Å². The smallest absolute Gasteiger partial charge is 0.305 e. The zero-order chi connectivity index (χ0) is 13.1. The molecule has 102 valence electrons. The van der Waals surface area contributed by atoms with Crippen molar-refractivity contribution in [1.82, 2.24) is 0 Å². The van der Waals surface area contributed by atoms with Crippen LogP contribution in [0.1, 0.15) is 58.3 Å². The SMILES string of the molecule is CCCCCCCC(Cl)C(Cl)CCC(=O)OC. The molecule has 0 bridgehead atoms. The highest BCUT2D eigenvalue weighted by molar-refractivity contribution is 6.30. The van der Waals surface area contributed by atoms with Gasteiger partial charge in [-0.1, -0.05) is 39.0 Å². The van der Waals surface area contributed by atoms with Crippen molar-refractivity contribution in [2.24, 2.45) is 0 Å². The summed E-state index contributed by atoms with van der Waals surface area (Å²) in [5.74, 6) is -0.220. The van der Waals surface area contributed by atoms with Gasteiger partial charge >= 0.3 is 5.97 Å². The van der Waals surface area contributed by atoms with E-state index >= 15 is 0 Å². The molecule has 0 spiro atoms. The number of carbonyl (C=O) groups excluding carboxylic acids is 1. The lowest BCUT2D eigenvalue weighted by Crippen LogP contribution is -2.17. The number of unbranched alkanes of at least 4 members (excludes halogenated alkanes) is 4. The lowest BCUT2D eigenvalue weighted by Gasteiger charge is -2.15. The van der Waals surface area contributed by atoms with Gasteiger partial charge in [-0.2, -0.15) is 0 Å². The van der Waals surface area contributed by atoms with Crippen molar-refractivity contribution >= 4 is 29.2 Å². The highest BCUT2D eigenvalue weighted by atomic mass is 35.5. The van der Waals surface area contributed by atoms with E-state index in [-0.39, 0.29) is 16.7 Å². The van der Waals surface area contributed by atoms with E-state index in [0.717, 1.165) is 12.8 Å². The van der Waals surface area contributed by atoms with Crippen molar-refractivity contribution in [2.45, 2.75) is 69.0 Å². The third kappa shape index (κ3) is 9.72. The molecule has 0 heterocycles. The van der Waals surface area contributed by atoms with E-state index in [1.165, 1.54) is 32.8 Å². The van der Waals surface area contributed by atoms with Crippen molar-refractivity contribution in [3.05, 3.63) is 0 Å². The van der Waals surface area contributed by atoms with Gasteiger partial charge in [0.25, 0.3) is 0 Å². The molecule has 0 aromatic rings. The highest BCUT2D eigenvalue weighted by Gasteiger charge is 2.17. The number of halogens is 2. The molecule has 0 fully saturated rings. The van der Waals surface area contributed by atoms with Crippen LogP contribution in [0.25, 0.3) is 0 Å². The van der Waals surface area contributed by atoms with Crippen molar-refractivity contribution in [2.75, 3.05) is 7.11 Å². The van der Waals surface area contributed by atoms with Crippen LogP contribution < -0.4 is 0 Å². The van der Waals surface area contributed by atoms with E-state index in [2.05, 4.69) is 11.7 Å². The zero-order valence-electron chi connectivity index (χ0n) is 10.9. The van der Waals surface area contributed by atoms with E-state index in [0.29, 0.717) is 12.8 Å². The number of hydrogen-bond donors (Lipinski definition) is 0. The van der Waals surface area contributed by atoms with Crippen LogP contribution in [0.3, 0.4) is 0 Å². The molecule has 0 aromatic heterocycles.